The lowest BCUT2D eigenvalue weighted by Gasteiger charge is -2.10. The third-order valence-electron chi connectivity index (χ3n) is 3.77. The van der Waals surface area contributed by atoms with E-state index in [1.54, 1.807) is 17.5 Å². The zero-order valence-electron chi connectivity index (χ0n) is 14.6. The van der Waals surface area contributed by atoms with Gasteiger partial charge in [0.1, 0.15) is 13.2 Å². The van der Waals surface area contributed by atoms with Crippen LogP contribution in [0, 0.1) is 0 Å². The van der Waals surface area contributed by atoms with E-state index in [1.165, 1.54) is 0 Å². The van der Waals surface area contributed by atoms with Gasteiger partial charge in [0.05, 0.1) is 5.69 Å². The molecule has 0 saturated carbocycles. The molecule has 0 unspecified atom stereocenters. The molecule has 1 aromatic carbocycles. The van der Waals surface area contributed by atoms with E-state index in [-0.39, 0.29) is 19.1 Å². The number of thiophene rings is 1. The topological polar surface area (TPSA) is 80.3 Å². The number of amides is 2. The molecule has 0 fully saturated rings. The molecule has 3 aromatic rings. The Labute approximate surface area is 161 Å². The van der Waals surface area contributed by atoms with Crippen LogP contribution in [0.25, 0.3) is 11.3 Å². The summed E-state index contributed by atoms with van der Waals surface area (Å²) in [4.78, 5) is 28.1. The maximum Gasteiger partial charge on any atom is 0.407 e. The van der Waals surface area contributed by atoms with Crippen LogP contribution in [-0.4, -0.2) is 23.5 Å². The fourth-order valence-corrected chi connectivity index (χ4v) is 3.06. The second-order valence-corrected chi connectivity index (χ2v) is 6.50. The average Bonchev–Trinajstić information content (AvgIpc) is 3.25. The molecule has 2 amide bonds. The molecule has 2 N–H and O–H groups in total. The summed E-state index contributed by atoms with van der Waals surface area (Å²) >= 11 is 1.59. The van der Waals surface area contributed by atoms with Gasteiger partial charge in [0.15, 0.2) is 0 Å². The quantitative estimate of drug-likeness (QED) is 0.658. The summed E-state index contributed by atoms with van der Waals surface area (Å²) in [5, 5.41) is 9.22. The van der Waals surface area contributed by atoms with Gasteiger partial charge in [-0.2, -0.15) is 11.3 Å². The fourth-order valence-electron chi connectivity index (χ4n) is 2.42. The van der Waals surface area contributed by atoms with Crippen LogP contribution in [-0.2, 0) is 22.7 Å². The highest BCUT2D eigenvalue weighted by atomic mass is 32.1. The van der Waals surface area contributed by atoms with E-state index in [1.807, 2.05) is 59.3 Å². The minimum atomic E-state index is -0.630. The van der Waals surface area contributed by atoms with Gasteiger partial charge >= 0.3 is 6.09 Å². The molecule has 0 atom stereocenters. The molecular formula is C20H19N3O3S. The van der Waals surface area contributed by atoms with Crippen molar-refractivity contribution in [1.82, 2.24) is 15.6 Å². The first-order valence-corrected chi connectivity index (χ1v) is 9.34. The predicted octanol–water partition coefficient (Wildman–Crippen LogP) is 3.35. The number of alkyl carbamates (subject to hydrolysis) is 1. The number of ether oxygens (including phenoxy) is 1. The highest BCUT2D eigenvalue weighted by molar-refractivity contribution is 7.08. The van der Waals surface area contributed by atoms with Crippen LogP contribution in [0.5, 0.6) is 0 Å². The van der Waals surface area contributed by atoms with E-state index in [9.17, 15) is 9.59 Å². The molecule has 6 nitrogen and oxygen atoms in total. The average molecular weight is 381 g/mol. The lowest BCUT2D eigenvalue weighted by atomic mass is 10.1. The molecule has 0 aliphatic carbocycles. The maximum atomic E-state index is 12.0. The van der Waals surface area contributed by atoms with Crippen molar-refractivity contribution in [3.8, 4) is 11.3 Å². The molecule has 138 valence electrons. The largest absolute Gasteiger partial charge is 0.445 e. The fraction of sp³-hybridized carbons (Fsp3) is 0.150. The van der Waals surface area contributed by atoms with Gasteiger partial charge in [-0.25, -0.2) is 4.79 Å². The summed E-state index contributed by atoms with van der Waals surface area (Å²) in [6.07, 6.45) is 1.09. The molecule has 3 rings (SSSR count). The van der Waals surface area contributed by atoms with Crippen molar-refractivity contribution in [3.05, 3.63) is 76.6 Å². The number of benzene rings is 1. The van der Waals surface area contributed by atoms with Crippen molar-refractivity contribution >= 4 is 23.3 Å². The van der Waals surface area contributed by atoms with Crippen molar-refractivity contribution < 1.29 is 14.3 Å². The number of hydrogen-bond donors (Lipinski definition) is 2. The van der Waals surface area contributed by atoms with Crippen molar-refractivity contribution in [2.24, 2.45) is 0 Å². The lowest BCUT2D eigenvalue weighted by molar-refractivity contribution is -0.120. The Bertz CT molecular complexity index is 883. The summed E-state index contributed by atoms with van der Waals surface area (Å²) in [7, 11) is 0. The van der Waals surface area contributed by atoms with E-state index >= 15 is 0 Å². The predicted molar refractivity (Wildman–Crippen MR) is 104 cm³/mol. The van der Waals surface area contributed by atoms with E-state index < -0.39 is 6.09 Å². The van der Waals surface area contributed by atoms with Crippen molar-refractivity contribution in [2.75, 3.05) is 6.54 Å². The standard InChI is InChI=1S/C20H19N3O3S/c24-18(12-23-20(25)26-13-15-5-2-1-3-6-15)22-11-16-7-4-9-21-19(16)17-8-10-27-14-17/h1-10,14H,11-13H2,(H,22,24)(H,23,25). The first-order chi connectivity index (χ1) is 13.2. The first kappa shape index (κ1) is 18.6. The second-order valence-electron chi connectivity index (χ2n) is 5.72. The molecule has 2 aromatic heterocycles. The van der Waals surface area contributed by atoms with Crippen LogP contribution in [0.2, 0.25) is 0 Å². The normalized spacial score (nSPS) is 10.2. The van der Waals surface area contributed by atoms with Crippen molar-refractivity contribution in [3.63, 3.8) is 0 Å². The molecular weight excluding hydrogens is 362 g/mol. The number of carbonyl (C=O) groups excluding carboxylic acids is 2. The molecule has 0 bridgehead atoms. The maximum absolute atomic E-state index is 12.0. The molecule has 27 heavy (non-hydrogen) atoms. The Morgan fingerprint density at radius 3 is 2.67 bits per heavy atom. The second kappa shape index (κ2) is 9.49. The highest BCUT2D eigenvalue weighted by Gasteiger charge is 2.10. The number of carbonyl (C=O) groups is 2. The van der Waals surface area contributed by atoms with Gasteiger partial charge in [0.2, 0.25) is 5.91 Å². The van der Waals surface area contributed by atoms with Crippen LogP contribution in [0.3, 0.4) is 0 Å². The number of nitrogens with zero attached hydrogens (tertiary/aromatic N) is 1. The summed E-state index contributed by atoms with van der Waals surface area (Å²) in [6, 6.07) is 15.1. The third-order valence-corrected chi connectivity index (χ3v) is 4.45. The van der Waals surface area contributed by atoms with E-state index in [2.05, 4.69) is 15.6 Å². The van der Waals surface area contributed by atoms with Crippen LogP contribution in [0.1, 0.15) is 11.1 Å². The Kier molecular flexibility index (Phi) is 6.54. The third kappa shape index (κ3) is 5.65. The highest BCUT2D eigenvalue weighted by Crippen LogP contribution is 2.23. The minimum absolute atomic E-state index is 0.151. The van der Waals surface area contributed by atoms with Crippen molar-refractivity contribution in [2.45, 2.75) is 13.2 Å². The van der Waals surface area contributed by atoms with E-state index in [0.29, 0.717) is 6.54 Å². The number of pyridine rings is 1. The van der Waals surface area contributed by atoms with Crippen LogP contribution < -0.4 is 10.6 Å². The number of nitrogens with one attached hydrogen (secondary N) is 2. The van der Waals surface area contributed by atoms with Crippen LogP contribution in [0.15, 0.2) is 65.5 Å². The summed E-state index contributed by atoms with van der Waals surface area (Å²) in [6.45, 7) is 0.342. The Morgan fingerprint density at radius 2 is 1.89 bits per heavy atom. The lowest BCUT2D eigenvalue weighted by Crippen LogP contribution is -2.36. The summed E-state index contributed by atoms with van der Waals surface area (Å²) < 4.78 is 5.07. The zero-order chi connectivity index (χ0) is 18.9. The molecule has 2 heterocycles. The first-order valence-electron chi connectivity index (χ1n) is 8.40. The van der Waals surface area contributed by atoms with Gasteiger partial charge < -0.3 is 15.4 Å². The zero-order valence-corrected chi connectivity index (χ0v) is 15.4. The van der Waals surface area contributed by atoms with Gasteiger partial charge in [-0.15, -0.1) is 0 Å². The molecule has 7 heteroatoms. The SMILES string of the molecule is O=C(CNC(=O)OCc1ccccc1)NCc1cccnc1-c1ccsc1. The van der Waals surface area contributed by atoms with Crippen molar-refractivity contribution in [1.29, 1.82) is 0 Å². The van der Waals surface area contributed by atoms with Gasteiger partial charge in [-0.05, 0) is 28.6 Å². The summed E-state index contributed by atoms with van der Waals surface area (Å²) in [5.74, 6) is -0.299. The Balaban J connectivity index is 1.43. The van der Waals surface area contributed by atoms with Gasteiger partial charge in [-0.1, -0.05) is 36.4 Å². The van der Waals surface area contributed by atoms with Crippen LogP contribution in [0.4, 0.5) is 4.79 Å². The van der Waals surface area contributed by atoms with Gasteiger partial charge in [0.25, 0.3) is 0 Å². The van der Waals surface area contributed by atoms with E-state index in [4.69, 9.17) is 4.74 Å². The smallest absolute Gasteiger partial charge is 0.407 e. The van der Waals surface area contributed by atoms with Gasteiger partial charge in [-0.3, -0.25) is 9.78 Å². The number of rotatable bonds is 7. The molecule has 0 aliphatic rings. The monoisotopic (exact) mass is 381 g/mol. The number of aromatic nitrogens is 1. The summed E-state index contributed by atoms with van der Waals surface area (Å²) in [5.41, 5.74) is 3.66. The van der Waals surface area contributed by atoms with E-state index in [0.717, 1.165) is 22.4 Å². The number of hydrogen-bond acceptors (Lipinski definition) is 5. The Morgan fingerprint density at radius 1 is 1.04 bits per heavy atom. The molecule has 0 aliphatic heterocycles. The van der Waals surface area contributed by atoms with Gasteiger partial charge in [0, 0.05) is 23.7 Å². The molecule has 0 saturated heterocycles. The molecule has 0 radical (unpaired) electrons. The molecule has 0 spiro atoms. The van der Waals surface area contributed by atoms with Crippen LogP contribution >= 0.6 is 11.3 Å². The minimum Gasteiger partial charge on any atom is -0.445 e. The Hall–Kier alpha value is -3.19.